The van der Waals surface area contributed by atoms with Gasteiger partial charge in [-0.2, -0.15) is 13.2 Å². The molecule has 0 fully saturated rings. The Kier molecular flexibility index (Phi) is 7.19. The number of nitrogen functional groups attached to an aromatic ring is 1. The number of carbonyl (C=O) groups is 1. The van der Waals surface area contributed by atoms with Gasteiger partial charge < -0.3 is 16.8 Å². The van der Waals surface area contributed by atoms with Gasteiger partial charge in [-0.1, -0.05) is 18.2 Å². The number of nitrogens with two attached hydrogens (primary N) is 2. The van der Waals surface area contributed by atoms with E-state index in [1.807, 2.05) is 4.40 Å². The summed E-state index contributed by atoms with van der Waals surface area (Å²) in [6.07, 6.45) is 4.40. The molecule has 4 aromatic rings. The Bertz CT molecular complexity index is 1480. The molecule has 1 aliphatic rings. The van der Waals surface area contributed by atoms with Crippen LogP contribution in [0.5, 0.6) is 0 Å². The van der Waals surface area contributed by atoms with Gasteiger partial charge in [-0.25, -0.2) is 15.0 Å². The second kappa shape index (κ2) is 10.2. The van der Waals surface area contributed by atoms with Crippen LogP contribution in [0.1, 0.15) is 41.0 Å². The minimum Gasteiger partial charge on any atom is -0.382 e. The summed E-state index contributed by atoms with van der Waals surface area (Å²) in [6, 6.07) is 8.30. The Balaban J connectivity index is 0.00000320. The number of hydrogen-bond acceptors (Lipinski definition) is 6. The first kappa shape index (κ1) is 26.1. The molecule has 192 valence electrons. The Morgan fingerprint density at radius 3 is 2.54 bits per heavy atom. The summed E-state index contributed by atoms with van der Waals surface area (Å²) in [5, 5.41) is 2.40. The lowest BCUT2D eigenvalue weighted by molar-refractivity contribution is -0.137. The maximum absolute atomic E-state index is 12.9. The van der Waals surface area contributed by atoms with Crippen molar-refractivity contribution < 1.29 is 18.0 Å². The molecule has 1 aliphatic carbocycles. The Labute approximate surface area is 216 Å². The van der Waals surface area contributed by atoms with Gasteiger partial charge in [0.25, 0.3) is 5.91 Å². The molecular weight excluding hydrogens is 507 g/mol. The van der Waals surface area contributed by atoms with Crippen LogP contribution < -0.4 is 16.8 Å². The minimum absolute atomic E-state index is 0. The first-order valence-electron chi connectivity index (χ1n) is 11.2. The van der Waals surface area contributed by atoms with Crippen molar-refractivity contribution in [1.29, 1.82) is 0 Å². The molecular formula is C25H23ClF3N7O. The molecule has 0 spiro atoms. The molecule has 1 aromatic carbocycles. The van der Waals surface area contributed by atoms with Gasteiger partial charge in [0.15, 0.2) is 0 Å². The van der Waals surface area contributed by atoms with Crippen LogP contribution >= 0.6 is 12.4 Å². The highest BCUT2D eigenvalue weighted by molar-refractivity contribution is 6.04. The number of amides is 1. The molecule has 5 N–H and O–H groups in total. The number of halogens is 4. The molecule has 3 aromatic heterocycles. The van der Waals surface area contributed by atoms with Gasteiger partial charge in [0, 0.05) is 35.8 Å². The third kappa shape index (κ3) is 5.27. The number of fused-ring (bicyclic) bond motifs is 1. The van der Waals surface area contributed by atoms with Crippen LogP contribution in [0.3, 0.4) is 0 Å². The maximum atomic E-state index is 12.9. The van der Waals surface area contributed by atoms with E-state index in [0.717, 1.165) is 49.0 Å². The van der Waals surface area contributed by atoms with Crippen molar-refractivity contribution in [2.75, 3.05) is 11.1 Å². The zero-order valence-electron chi connectivity index (χ0n) is 19.4. The van der Waals surface area contributed by atoms with Crippen molar-refractivity contribution in [1.82, 2.24) is 19.4 Å². The SMILES string of the molecule is Cl.Nc1nccn2c(C3=CCC(N)CC3)nc(-c3ccc(C(=O)Nc4cc(C(F)(F)F)ccn4)cc3)c12. The molecule has 0 radical (unpaired) electrons. The van der Waals surface area contributed by atoms with Crippen molar-refractivity contribution in [3.05, 3.63) is 78.0 Å². The predicted octanol–water partition coefficient (Wildman–Crippen LogP) is 4.96. The molecule has 12 heteroatoms. The number of aromatic nitrogens is 4. The smallest absolute Gasteiger partial charge is 0.382 e. The molecule has 5 rings (SSSR count). The van der Waals surface area contributed by atoms with E-state index in [0.29, 0.717) is 22.6 Å². The summed E-state index contributed by atoms with van der Waals surface area (Å²) in [4.78, 5) is 25.5. The van der Waals surface area contributed by atoms with Crippen LogP contribution in [0, 0.1) is 0 Å². The Morgan fingerprint density at radius 1 is 1.11 bits per heavy atom. The van der Waals surface area contributed by atoms with E-state index in [2.05, 4.69) is 21.4 Å². The van der Waals surface area contributed by atoms with Crippen molar-refractivity contribution in [3.8, 4) is 11.3 Å². The van der Waals surface area contributed by atoms with Crippen LogP contribution in [0.25, 0.3) is 22.3 Å². The Morgan fingerprint density at radius 2 is 1.86 bits per heavy atom. The fraction of sp³-hybridized carbons (Fsp3) is 0.200. The summed E-state index contributed by atoms with van der Waals surface area (Å²) < 4.78 is 40.7. The van der Waals surface area contributed by atoms with Gasteiger partial charge in [-0.3, -0.25) is 9.20 Å². The summed E-state index contributed by atoms with van der Waals surface area (Å²) in [5.41, 5.74) is 14.6. The summed E-state index contributed by atoms with van der Waals surface area (Å²) in [7, 11) is 0. The summed E-state index contributed by atoms with van der Waals surface area (Å²) in [5.74, 6) is 0.298. The maximum Gasteiger partial charge on any atom is 0.416 e. The van der Waals surface area contributed by atoms with Gasteiger partial charge in [-0.15, -0.1) is 12.4 Å². The first-order valence-corrected chi connectivity index (χ1v) is 11.2. The molecule has 8 nitrogen and oxygen atoms in total. The number of alkyl halides is 3. The molecule has 3 heterocycles. The van der Waals surface area contributed by atoms with Crippen molar-refractivity contribution in [2.24, 2.45) is 5.73 Å². The standard InChI is InChI=1S/C25H22F3N7O.ClH/c26-25(27,28)17-9-10-31-19(13-17)33-24(36)16-3-1-14(2-4-16)20-21-22(30)32-11-12-35(21)23(34-20)15-5-7-18(29)8-6-15;/h1-5,9-13,18H,6-8,29H2,(H2,30,32)(H,31,33,36);1H. The Hall–Kier alpha value is -3.96. The first-order chi connectivity index (χ1) is 17.2. The van der Waals surface area contributed by atoms with Gasteiger partial charge in [-0.05, 0) is 49.1 Å². The molecule has 37 heavy (non-hydrogen) atoms. The molecule has 0 bridgehead atoms. The van der Waals surface area contributed by atoms with E-state index in [1.165, 1.54) is 0 Å². The number of nitrogens with one attached hydrogen (secondary N) is 1. The summed E-state index contributed by atoms with van der Waals surface area (Å²) in [6.45, 7) is 0. The highest BCUT2D eigenvalue weighted by Gasteiger charge is 2.31. The van der Waals surface area contributed by atoms with Crippen molar-refractivity contribution in [2.45, 2.75) is 31.5 Å². The van der Waals surface area contributed by atoms with E-state index >= 15 is 0 Å². The fourth-order valence-corrected chi connectivity index (χ4v) is 4.19. The number of hydrogen-bond donors (Lipinski definition) is 3. The highest BCUT2D eigenvalue weighted by Crippen LogP contribution is 2.34. The van der Waals surface area contributed by atoms with E-state index in [-0.39, 0.29) is 29.8 Å². The average molecular weight is 530 g/mol. The lowest BCUT2D eigenvalue weighted by Gasteiger charge is -2.17. The number of imidazole rings is 1. The number of benzene rings is 1. The molecule has 1 unspecified atom stereocenters. The van der Waals surface area contributed by atoms with Crippen LogP contribution in [0.4, 0.5) is 24.8 Å². The number of pyridine rings is 1. The molecule has 1 atom stereocenters. The van der Waals surface area contributed by atoms with Gasteiger partial charge >= 0.3 is 6.18 Å². The minimum atomic E-state index is -4.54. The fourth-order valence-electron chi connectivity index (χ4n) is 4.19. The third-order valence-corrected chi connectivity index (χ3v) is 6.07. The van der Waals surface area contributed by atoms with E-state index in [9.17, 15) is 18.0 Å². The van der Waals surface area contributed by atoms with E-state index in [1.54, 1.807) is 36.7 Å². The number of allylic oxidation sites excluding steroid dienone is 1. The quantitative estimate of drug-likeness (QED) is 0.343. The zero-order chi connectivity index (χ0) is 25.4. The van der Waals surface area contributed by atoms with Gasteiger partial charge in [0.1, 0.15) is 28.7 Å². The van der Waals surface area contributed by atoms with Gasteiger partial charge in [0.05, 0.1) is 5.56 Å². The topological polar surface area (TPSA) is 124 Å². The van der Waals surface area contributed by atoms with E-state index in [4.69, 9.17) is 16.5 Å². The van der Waals surface area contributed by atoms with Crippen LogP contribution in [-0.4, -0.2) is 31.3 Å². The van der Waals surface area contributed by atoms with Crippen LogP contribution in [-0.2, 0) is 6.18 Å². The van der Waals surface area contributed by atoms with Gasteiger partial charge in [0.2, 0.25) is 0 Å². The summed E-state index contributed by atoms with van der Waals surface area (Å²) >= 11 is 0. The molecule has 0 saturated carbocycles. The molecule has 0 saturated heterocycles. The number of rotatable bonds is 4. The molecule has 1 amide bonds. The van der Waals surface area contributed by atoms with E-state index < -0.39 is 17.6 Å². The van der Waals surface area contributed by atoms with Crippen LogP contribution in [0.2, 0.25) is 0 Å². The molecule has 0 aliphatic heterocycles. The largest absolute Gasteiger partial charge is 0.416 e. The number of carbonyl (C=O) groups excluding carboxylic acids is 1. The zero-order valence-corrected chi connectivity index (χ0v) is 20.2. The lowest BCUT2D eigenvalue weighted by atomic mass is 9.95. The monoisotopic (exact) mass is 529 g/mol. The lowest BCUT2D eigenvalue weighted by Crippen LogP contribution is -2.21. The number of anilines is 2. The van der Waals surface area contributed by atoms with Crippen molar-refractivity contribution in [3.63, 3.8) is 0 Å². The number of nitrogens with zero attached hydrogens (tertiary/aromatic N) is 4. The highest BCUT2D eigenvalue weighted by atomic mass is 35.5. The van der Waals surface area contributed by atoms with Crippen molar-refractivity contribution >= 4 is 41.0 Å². The second-order valence-electron chi connectivity index (χ2n) is 8.54. The second-order valence-corrected chi connectivity index (χ2v) is 8.54. The predicted molar refractivity (Wildman–Crippen MR) is 137 cm³/mol. The third-order valence-electron chi connectivity index (χ3n) is 6.07. The van der Waals surface area contributed by atoms with Crippen LogP contribution in [0.15, 0.2) is 61.1 Å². The normalized spacial score (nSPS) is 15.7. The average Bonchev–Trinajstić information content (AvgIpc) is 3.25.